The van der Waals surface area contributed by atoms with Crippen molar-refractivity contribution in [2.24, 2.45) is 0 Å². The first-order valence-electron chi connectivity index (χ1n) is 10.5. The van der Waals surface area contributed by atoms with Crippen LogP contribution >= 0.6 is 11.6 Å². The van der Waals surface area contributed by atoms with Gasteiger partial charge in [0.1, 0.15) is 4.90 Å². The van der Waals surface area contributed by atoms with Gasteiger partial charge in [0, 0.05) is 37.9 Å². The number of piperazine rings is 1. The second-order valence-corrected chi connectivity index (χ2v) is 10.2. The number of hydrogen-bond acceptors (Lipinski definition) is 6. The average Bonchev–Trinajstić information content (AvgIpc) is 3.28. The first-order chi connectivity index (χ1) is 16.6. The zero-order chi connectivity index (χ0) is 24.8. The number of fused-ring (bicyclic) bond motifs is 1. The lowest BCUT2D eigenvalue weighted by molar-refractivity contribution is -0.137. The Hall–Kier alpha value is -3.22. The third-order valence-corrected chi connectivity index (χ3v) is 8.09. The van der Waals surface area contributed by atoms with Gasteiger partial charge in [0.15, 0.2) is 0 Å². The zero-order valence-corrected chi connectivity index (χ0v) is 19.6. The molecule has 0 amide bonds. The molecule has 2 aromatic heterocycles. The van der Waals surface area contributed by atoms with E-state index >= 15 is 0 Å². The number of aromatic nitrogens is 4. The highest BCUT2D eigenvalue weighted by Gasteiger charge is 2.32. The number of benzene rings is 2. The maximum atomic E-state index is 13.2. The second kappa shape index (κ2) is 8.77. The van der Waals surface area contributed by atoms with Crippen LogP contribution in [0.2, 0.25) is 5.02 Å². The van der Waals surface area contributed by atoms with Crippen molar-refractivity contribution in [1.29, 1.82) is 0 Å². The lowest BCUT2D eigenvalue weighted by atomic mass is 10.1. The van der Waals surface area contributed by atoms with Crippen LogP contribution in [-0.4, -0.2) is 58.5 Å². The summed E-state index contributed by atoms with van der Waals surface area (Å²) < 4.78 is 68.3. The Morgan fingerprint density at radius 2 is 1.69 bits per heavy atom. The Kier molecular flexibility index (Phi) is 5.90. The number of hydrogen-bond donors (Lipinski definition) is 0. The summed E-state index contributed by atoms with van der Waals surface area (Å²) >= 11 is 6.09. The number of alkyl halides is 3. The van der Waals surface area contributed by atoms with Gasteiger partial charge >= 0.3 is 6.18 Å². The van der Waals surface area contributed by atoms with E-state index in [-0.39, 0.29) is 28.8 Å². The van der Waals surface area contributed by atoms with Crippen LogP contribution in [0.4, 0.5) is 19.1 Å². The number of anilines is 1. The molecule has 0 aliphatic carbocycles. The summed E-state index contributed by atoms with van der Waals surface area (Å²) in [6.45, 7) is 1.02. The molecule has 182 valence electrons. The van der Waals surface area contributed by atoms with E-state index in [2.05, 4.69) is 15.1 Å². The number of rotatable bonds is 4. The predicted octanol–water partition coefficient (Wildman–Crippen LogP) is 3.97. The molecule has 1 aliphatic heterocycles. The van der Waals surface area contributed by atoms with Crippen molar-refractivity contribution in [3.05, 3.63) is 71.4 Å². The van der Waals surface area contributed by atoms with Crippen LogP contribution in [0.15, 0.2) is 65.7 Å². The van der Waals surface area contributed by atoms with Gasteiger partial charge in [0.05, 0.1) is 16.3 Å². The molecule has 8 nitrogen and oxygen atoms in total. The molecule has 35 heavy (non-hydrogen) atoms. The third kappa shape index (κ3) is 4.44. The minimum Gasteiger partial charge on any atom is -0.337 e. The van der Waals surface area contributed by atoms with Gasteiger partial charge < -0.3 is 4.90 Å². The molecular weight excluding hydrogens is 505 g/mol. The number of halogens is 4. The van der Waals surface area contributed by atoms with E-state index in [9.17, 15) is 21.6 Å². The normalized spacial score (nSPS) is 15.6. The van der Waals surface area contributed by atoms with E-state index < -0.39 is 21.8 Å². The summed E-state index contributed by atoms with van der Waals surface area (Å²) in [6.07, 6.45) is -3.02. The molecule has 1 aliphatic rings. The monoisotopic (exact) mass is 522 g/mol. The predicted molar refractivity (Wildman–Crippen MR) is 124 cm³/mol. The van der Waals surface area contributed by atoms with Crippen molar-refractivity contribution in [2.45, 2.75) is 11.1 Å². The first kappa shape index (κ1) is 23.5. The van der Waals surface area contributed by atoms with Crippen molar-refractivity contribution in [3.8, 4) is 11.3 Å². The van der Waals surface area contributed by atoms with E-state index in [0.717, 1.165) is 12.1 Å². The molecule has 4 aromatic rings. The number of sulfonamides is 1. The SMILES string of the molecule is O=S(=O)(c1ccccc1Cl)N1CCN(c2nc3nccc(-c4cccc(C(F)(F)F)c4)n3n2)CC1. The second-order valence-electron chi connectivity index (χ2n) is 7.85. The van der Waals surface area contributed by atoms with Crippen LogP contribution in [0.25, 0.3) is 17.0 Å². The van der Waals surface area contributed by atoms with E-state index in [0.29, 0.717) is 30.3 Å². The Bertz CT molecular complexity index is 1500. The molecule has 0 radical (unpaired) electrons. The highest BCUT2D eigenvalue weighted by molar-refractivity contribution is 7.89. The summed E-state index contributed by atoms with van der Waals surface area (Å²) in [5.74, 6) is 0.535. The van der Waals surface area contributed by atoms with Gasteiger partial charge in [-0.1, -0.05) is 35.9 Å². The average molecular weight is 523 g/mol. The quantitative estimate of drug-likeness (QED) is 0.403. The van der Waals surface area contributed by atoms with Crippen molar-refractivity contribution < 1.29 is 21.6 Å². The Morgan fingerprint density at radius 3 is 2.40 bits per heavy atom. The molecule has 1 saturated heterocycles. The van der Waals surface area contributed by atoms with Crippen LogP contribution in [0, 0.1) is 0 Å². The standard InChI is InChI=1S/C22H18ClF3N6O2S/c23-17-6-1-2-7-19(17)35(33,34)31-12-10-30(11-13-31)21-28-20-27-9-8-18(32(20)29-21)15-4-3-5-16(14-15)22(24,25)26/h1-9,14H,10-13H2. The van der Waals surface area contributed by atoms with Gasteiger partial charge in [-0.3, -0.25) is 0 Å². The van der Waals surface area contributed by atoms with Crippen LogP contribution in [0.5, 0.6) is 0 Å². The summed E-state index contributed by atoms with van der Waals surface area (Å²) in [6, 6.07) is 12.8. The molecule has 3 heterocycles. The van der Waals surface area contributed by atoms with E-state index in [1.54, 1.807) is 24.3 Å². The molecule has 1 fully saturated rings. The Balaban J connectivity index is 1.40. The summed E-state index contributed by atoms with van der Waals surface area (Å²) in [7, 11) is -3.76. The zero-order valence-electron chi connectivity index (χ0n) is 18.0. The highest BCUT2D eigenvalue weighted by Crippen LogP contribution is 2.32. The fourth-order valence-corrected chi connectivity index (χ4v) is 5.83. The highest BCUT2D eigenvalue weighted by atomic mass is 35.5. The smallest absolute Gasteiger partial charge is 0.337 e. The summed E-state index contributed by atoms with van der Waals surface area (Å²) in [5.41, 5.74) is -0.0461. The van der Waals surface area contributed by atoms with E-state index in [1.165, 1.54) is 33.2 Å². The van der Waals surface area contributed by atoms with Gasteiger partial charge in [0.2, 0.25) is 16.0 Å². The van der Waals surface area contributed by atoms with Crippen LogP contribution in [0.3, 0.4) is 0 Å². The van der Waals surface area contributed by atoms with Crippen LogP contribution in [-0.2, 0) is 16.2 Å². The molecular formula is C22H18ClF3N6O2S. The van der Waals surface area contributed by atoms with E-state index in [4.69, 9.17) is 11.6 Å². The summed E-state index contributed by atoms with van der Waals surface area (Å²) in [5, 5.41) is 4.62. The largest absolute Gasteiger partial charge is 0.416 e. The van der Waals surface area contributed by atoms with Crippen molar-refractivity contribution in [1.82, 2.24) is 23.9 Å². The maximum absolute atomic E-state index is 13.2. The van der Waals surface area contributed by atoms with Gasteiger partial charge in [-0.25, -0.2) is 13.4 Å². The minimum absolute atomic E-state index is 0.0518. The fraction of sp³-hybridized carbons (Fsp3) is 0.227. The Morgan fingerprint density at radius 1 is 0.943 bits per heavy atom. The minimum atomic E-state index is -4.47. The molecule has 0 bridgehead atoms. The molecule has 5 rings (SSSR count). The van der Waals surface area contributed by atoms with Crippen molar-refractivity contribution >= 4 is 33.4 Å². The molecule has 0 unspecified atom stereocenters. The third-order valence-electron chi connectivity index (χ3n) is 5.69. The fourth-order valence-electron chi connectivity index (χ4n) is 3.91. The van der Waals surface area contributed by atoms with E-state index in [1.807, 2.05) is 4.90 Å². The lowest BCUT2D eigenvalue weighted by Gasteiger charge is -2.33. The van der Waals surface area contributed by atoms with Gasteiger partial charge in [-0.05, 0) is 30.3 Å². The van der Waals surface area contributed by atoms with Crippen molar-refractivity contribution in [3.63, 3.8) is 0 Å². The molecule has 0 saturated carbocycles. The van der Waals surface area contributed by atoms with Crippen molar-refractivity contribution in [2.75, 3.05) is 31.1 Å². The topological polar surface area (TPSA) is 83.7 Å². The Labute approximate surface area is 203 Å². The molecule has 13 heteroatoms. The summed E-state index contributed by atoms with van der Waals surface area (Å²) in [4.78, 5) is 10.4. The number of nitrogens with zero attached hydrogens (tertiary/aromatic N) is 6. The molecule has 0 N–H and O–H groups in total. The molecule has 0 atom stereocenters. The van der Waals surface area contributed by atoms with Crippen LogP contribution in [0.1, 0.15) is 5.56 Å². The maximum Gasteiger partial charge on any atom is 0.416 e. The first-order valence-corrected chi connectivity index (χ1v) is 12.4. The van der Waals surface area contributed by atoms with Crippen LogP contribution < -0.4 is 4.90 Å². The van der Waals surface area contributed by atoms with Gasteiger partial charge in [-0.15, -0.1) is 5.10 Å². The van der Waals surface area contributed by atoms with Gasteiger partial charge in [0.25, 0.3) is 5.78 Å². The van der Waals surface area contributed by atoms with Gasteiger partial charge in [-0.2, -0.15) is 27.0 Å². The molecule has 2 aromatic carbocycles. The lowest BCUT2D eigenvalue weighted by Crippen LogP contribution is -2.49. The molecule has 0 spiro atoms.